The molecule has 2 aromatic carbocycles. The Labute approximate surface area is 479 Å². The quantitative estimate of drug-likeness (QED) is 0.0690. The molecule has 1 saturated carbocycles. The number of fused-ring (bicyclic) bond motifs is 3. The number of carbonyl (C=O) groups excluding carboxylic acids is 6. The van der Waals surface area contributed by atoms with E-state index >= 15 is 0 Å². The van der Waals surface area contributed by atoms with E-state index in [0.29, 0.717) is 73.4 Å². The van der Waals surface area contributed by atoms with Gasteiger partial charge in [0.15, 0.2) is 12.4 Å². The first-order chi connectivity index (χ1) is 39.3. The highest BCUT2D eigenvalue weighted by atomic mass is 16.5. The minimum Gasteiger partial charge on any atom is -0.484 e. The van der Waals surface area contributed by atoms with E-state index in [2.05, 4.69) is 53.6 Å². The molecule has 2 aliphatic carbocycles. The van der Waals surface area contributed by atoms with Gasteiger partial charge in [0, 0.05) is 69.9 Å². The van der Waals surface area contributed by atoms with Crippen LogP contribution in [-0.2, 0) is 43.4 Å². The fraction of sp³-hybridized carbons (Fsp3) is 0.508. The van der Waals surface area contributed by atoms with Gasteiger partial charge >= 0.3 is 0 Å². The van der Waals surface area contributed by atoms with Crippen LogP contribution in [0.2, 0.25) is 0 Å². The number of aromatic nitrogens is 4. The number of pyridine rings is 2. The minimum absolute atomic E-state index is 0.00683. The molecule has 5 N–H and O–H groups in total. The molecule has 436 valence electrons. The predicted molar refractivity (Wildman–Crippen MR) is 313 cm³/mol. The minimum atomic E-state index is -0.929. The average Bonchev–Trinajstić information content (AvgIpc) is 3.65. The number of nitrogens with one attached hydrogen (secondary N) is 5. The average molecular weight is 1120 g/mol. The highest BCUT2D eigenvalue weighted by molar-refractivity contribution is 5.99. The lowest BCUT2D eigenvalue weighted by Crippen LogP contribution is -2.62. The lowest BCUT2D eigenvalue weighted by atomic mass is 9.83. The van der Waals surface area contributed by atoms with Gasteiger partial charge in [-0.1, -0.05) is 63.9 Å². The lowest BCUT2D eigenvalue weighted by molar-refractivity contribution is -0.147. The summed E-state index contributed by atoms with van der Waals surface area (Å²) in [5.41, 5.74) is 5.16. The van der Waals surface area contributed by atoms with Crippen LogP contribution in [-0.4, -0.2) is 154 Å². The SMILES string of the molecule is CN[C@@H](C)C(=O)N[C@H](C(=O)N1Cc2cc(OCC(=O)NCCN(C)CC(=O)N3CCN(c4ccc(Nc5ncc6c(C)c(C(C)=O)c(=O)n(C7CCCC7)c6n5)nc4)CC3)ccc2C[C@H]1C(=O)N[C@@H]1CCCc2ccccc21)C(C)(C)C. The second-order valence-corrected chi connectivity index (χ2v) is 23.5. The van der Waals surface area contributed by atoms with Crippen molar-refractivity contribution in [3.63, 3.8) is 0 Å². The molecule has 82 heavy (non-hydrogen) atoms. The number of rotatable bonds is 19. The van der Waals surface area contributed by atoms with E-state index in [-0.39, 0.29) is 84.6 Å². The molecule has 5 amide bonds. The van der Waals surface area contributed by atoms with Gasteiger partial charge in [-0.2, -0.15) is 4.98 Å². The number of aryl methyl sites for hydroxylation is 2. The number of amides is 5. The van der Waals surface area contributed by atoms with Crippen LogP contribution in [0.25, 0.3) is 11.0 Å². The van der Waals surface area contributed by atoms with E-state index in [4.69, 9.17) is 9.72 Å². The highest BCUT2D eigenvalue weighted by Crippen LogP contribution is 2.35. The molecule has 21 nitrogen and oxygen atoms in total. The molecule has 5 heterocycles. The smallest absolute Gasteiger partial charge is 0.263 e. The van der Waals surface area contributed by atoms with Gasteiger partial charge in [0.1, 0.15) is 29.3 Å². The van der Waals surface area contributed by atoms with Crippen molar-refractivity contribution in [2.75, 3.05) is 76.7 Å². The van der Waals surface area contributed by atoms with Gasteiger partial charge in [-0.15, -0.1) is 0 Å². The molecule has 0 bridgehead atoms. The molecule has 2 fully saturated rings. The number of hydrogen-bond acceptors (Lipinski definition) is 15. The molecular formula is C61H79N13O8. The largest absolute Gasteiger partial charge is 0.484 e. The van der Waals surface area contributed by atoms with Crippen LogP contribution in [0.3, 0.4) is 0 Å². The second-order valence-electron chi connectivity index (χ2n) is 23.5. The molecule has 5 aromatic rings. The number of benzene rings is 2. The molecule has 2 aliphatic heterocycles. The summed E-state index contributed by atoms with van der Waals surface area (Å²) in [6.07, 6.45) is 10.1. The molecule has 21 heteroatoms. The van der Waals surface area contributed by atoms with Crippen LogP contribution < -0.4 is 41.8 Å². The molecule has 0 spiro atoms. The molecule has 0 unspecified atom stereocenters. The van der Waals surface area contributed by atoms with Crippen LogP contribution in [0.4, 0.5) is 17.5 Å². The zero-order valence-electron chi connectivity index (χ0n) is 48.6. The summed E-state index contributed by atoms with van der Waals surface area (Å²) in [6, 6.07) is 14.9. The number of Topliss-reactive ketones (excluding diaryl/α,β-unsaturated/α-hetero) is 1. The first-order valence-electron chi connectivity index (χ1n) is 28.8. The fourth-order valence-electron chi connectivity index (χ4n) is 11.8. The van der Waals surface area contributed by atoms with Crippen molar-refractivity contribution >= 4 is 63.8 Å². The van der Waals surface area contributed by atoms with Crippen molar-refractivity contribution < 1.29 is 33.5 Å². The zero-order valence-corrected chi connectivity index (χ0v) is 48.6. The molecule has 4 atom stereocenters. The Morgan fingerprint density at radius 1 is 0.890 bits per heavy atom. The van der Waals surface area contributed by atoms with E-state index in [0.717, 1.165) is 67.3 Å². The van der Waals surface area contributed by atoms with Gasteiger partial charge in [0.25, 0.3) is 11.5 Å². The summed E-state index contributed by atoms with van der Waals surface area (Å²) in [7, 11) is 3.52. The first-order valence-corrected chi connectivity index (χ1v) is 28.8. The van der Waals surface area contributed by atoms with Gasteiger partial charge in [-0.25, -0.2) is 9.97 Å². The number of ether oxygens (including phenoxy) is 1. The first kappa shape index (κ1) is 58.9. The summed E-state index contributed by atoms with van der Waals surface area (Å²) in [6.45, 7) is 13.6. The Balaban J connectivity index is 0.742. The molecule has 1 saturated heterocycles. The Bertz CT molecular complexity index is 3250. The Morgan fingerprint density at radius 3 is 2.35 bits per heavy atom. The normalized spacial score (nSPS) is 18.1. The van der Waals surface area contributed by atoms with Gasteiger partial charge in [-0.3, -0.25) is 43.0 Å². The fourth-order valence-corrected chi connectivity index (χ4v) is 11.8. The van der Waals surface area contributed by atoms with Crippen LogP contribution >= 0.6 is 0 Å². The number of anilines is 3. The number of piperazine rings is 1. The van der Waals surface area contributed by atoms with Crippen molar-refractivity contribution in [3.8, 4) is 5.75 Å². The van der Waals surface area contributed by atoms with E-state index in [9.17, 15) is 33.6 Å². The van der Waals surface area contributed by atoms with Crippen molar-refractivity contribution in [2.24, 2.45) is 5.41 Å². The van der Waals surface area contributed by atoms with E-state index < -0.39 is 23.5 Å². The Hall–Kier alpha value is -7.78. The highest BCUT2D eigenvalue weighted by Gasteiger charge is 2.43. The summed E-state index contributed by atoms with van der Waals surface area (Å²) < 4.78 is 7.67. The van der Waals surface area contributed by atoms with Crippen molar-refractivity contribution in [3.05, 3.63) is 111 Å². The zero-order chi connectivity index (χ0) is 58.4. The third-order valence-electron chi connectivity index (χ3n) is 16.6. The third kappa shape index (κ3) is 13.4. The van der Waals surface area contributed by atoms with Gasteiger partial charge in [0.2, 0.25) is 29.6 Å². The van der Waals surface area contributed by atoms with Crippen LogP contribution in [0, 0.1) is 12.3 Å². The maximum absolute atomic E-state index is 14.8. The predicted octanol–water partition coefficient (Wildman–Crippen LogP) is 4.92. The summed E-state index contributed by atoms with van der Waals surface area (Å²) in [5, 5.41) is 15.9. The number of hydrogen-bond donors (Lipinski definition) is 5. The van der Waals surface area contributed by atoms with Crippen molar-refractivity contribution in [1.82, 2.24) is 55.5 Å². The van der Waals surface area contributed by atoms with Crippen molar-refractivity contribution in [2.45, 2.75) is 130 Å². The Morgan fingerprint density at radius 2 is 1.65 bits per heavy atom. The lowest BCUT2D eigenvalue weighted by Gasteiger charge is -2.41. The monoisotopic (exact) mass is 1120 g/mol. The van der Waals surface area contributed by atoms with Crippen molar-refractivity contribution in [1.29, 1.82) is 0 Å². The summed E-state index contributed by atoms with van der Waals surface area (Å²) >= 11 is 0. The maximum atomic E-state index is 14.8. The number of carbonyl (C=O) groups is 6. The number of likely N-dealkylation sites (N-methyl/N-ethyl adjacent to an activating group) is 2. The van der Waals surface area contributed by atoms with E-state index in [1.54, 1.807) is 48.8 Å². The van der Waals surface area contributed by atoms with E-state index in [1.165, 1.54) is 12.5 Å². The van der Waals surface area contributed by atoms with Crippen LogP contribution in [0.5, 0.6) is 5.75 Å². The molecular weight excluding hydrogens is 1040 g/mol. The Kier molecular flexibility index (Phi) is 18.4. The van der Waals surface area contributed by atoms with Gasteiger partial charge in [-0.05, 0) is 124 Å². The van der Waals surface area contributed by atoms with Gasteiger partial charge in [0.05, 0.1) is 36.1 Å². The van der Waals surface area contributed by atoms with Crippen LogP contribution in [0.15, 0.2) is 71.8 Å². The molecule has 9 rings (SSSR count). The number of nitrogens with zero attached hydrogens (tertiary/aromatic N) is 8. The topological polar surface area (TPSA) is 245 Å². The third-order valence-corrected chi connectivity index (χ3v) is 16.6. The summed E-state index contributed by atoms with van der Waals surface area (Å²) in [5.74, 6) is -0.296. The van der Waals surface area contributed by atoms with Gasteiger partial charge < -0.3 is 46.0 Å². The van der Waals surface area contributed by atoms with Crippen LogP contribution in [0.1, 0.15) is 123 Å². The number of ketones is 1. The van der Waals surface area contributed by atoms with E-state index in [1.807, 2.05) is 74.0 Å². The second kappa shape index (κ2) is 25.6. The molecule has 4 aliphatic rings. The molecule has 0 radical (unpaired) electrons. The maximum Gasteiger partial charge on any atom is 0.263 e. The molecule has 3 aromatic heterocycles. The summed E-state index contributed by atoms with van der Waals surface area (Å²) in [4.78, 5) is 116. The standard InChI is InChI=1S/C61H79N13O8/c1-37-47-33-65-60(69-55(47)74(43-16-10-11-17-43)58(80)53(37)39(3)75)67-50-23-21-44(32-64-50)71-26-28-72(29-27-71)52(77)35-70(8)25-24-63-51(76)36-82-45-22-20-41-31-49(57(79)66-48-19-13-15-40-14-9-12-18-46(40)48)73(34-42(41)30-45)59(81)54(61(4,5)6)68-56(78)38(2)62-7/h9,12,14,18,20-23,30,32-33,38,43,48-49,54,62H,10-11,13,15-17,19,24-29,31,34-36H2,1-8H3,(H,63,76)(H,66,79)(H,68,78)(H,64,65,67,69)/t38-,48+,49-,54+/m0/s1.